The molecule has 0 saturated carbocycles. The van der Waals surface area contributed by atoms with E-state index in [0.29, 0.717) is 18.8 Å². The number of imide groups is 1. The van der Waals surface area contributed by atoms with Crippen LogP contribution in [0.3, 0.4) is 0 Å². The van der Waals surface area contributed by atoms with Crippen molar-refractivity contribution in [2.45, 2.75) is 32.4 Å². The van der Waals surface area contributed by atoms with Crippen molar-refractivity contribution in [3.05, 3.63) is 71.9 Å². The highest BCUT2D eigenvalue weighted by Gasteiger charge is 2.54. The molecule has 4 N–H and O–H groups in total. The third-order valence-corrected chi connectivity index (χ3v) is 5.98. The first-order valence-electron chi connectivity index (χ1n) is 11.0. The van der Waals surface area contributed by atoms with E-state index >= 15 is 0 Å². The Morgan fingerprint density at radius 1 is 1.15 bits per heavy atom. The molecule has 170 valence electrons. The number of rotatable bonds is 6. The lowest BCUT2D eigenvalue weighted by atomic mass is 9.82. The molecule has 1 fully saturated rings. The van der Waals surface area contributed by atoms with Gasteiger partial charge in [-0.2, -0.15) is 0 Å². The fraction of sp³-hybridized carbons (Fsp3) is 0.280. The molecule has 2 aromatic carbocycles. The average Bonchev–Trinajstić information content (AvgIpc) is 2.80. The lowest BCUT2D eigenvalue weighted by molar-refractivity contribution is -0.157. The monoisotopic (exact) mass is 445 g/mol. The van der Waals surface area contributed by atoms with Gasteiger partial charge in [0.1, 0.15) is 11.9 Å². The molecule has 0 spiro atoms. The second kappa shape index (κ2) is 9.28. The Morgan fingerprint density at radius 2 is 1.91 bits per heavy atom. The molecule has 0 aliphatic carbocycles. The van der Waals surface area contributed by atoms with Gasteiger partial charge in [0.05, 0.1) is 12.0 Å². The number of nitrogens with one attached hydrogen (secondary N) is 2. The third kappa shape index (κ3) is 4.37. The second-order valence-electron chi connectivity index (χ2n) is 8.19. The van der Waals surface area contributed by atoms with E-state index in [9.17, 15) is 14.4 Å². The Labute approximate surface area is 192 Å². The maximum Gasteiger partial charge on any atom is 0.325 e. The van der Waals surface area contributed by atoms with Crippen LogP contribution in [0.4, 0.5) is 10.6 Å². The molecule has 0 bridgehead atoms. The number of fused-ring (bicyclic) bond motifs is 1. The van der Waals surface area contributed by atoms with Crippen molar-refractivity contribution in [3.8, 4) is 0 Å². The maximum absolute atomic E-state index is 13.1. The molecule has 1 aliphatic rings. The fourth-order valence-corrected chi connectivity index (χ4v) is 4.39. The summed E-state index contributed by atoms with van der Waals surface area (Å²) in [6.45, 7) is 4.06. The fourth-order valence-electron chi connectivity index (χ4n) is 4.39. The van der Waals surface area contributed by atoms with Gasteiger partial charge < -0.3 is 16.4 Å². The van der Waals surface area contributed by atoms with Crippen LogP contribution in [0.25, 0.3) is 10.8 Å². The van der Waals surface area contributed by atoms with Gasteiger partial charge in [-0.3, -0.25) is 14.5 Å². The normalized spacial score (nSPS) is 18.5. The van der Waals surface area contributed by atoms with Crippen LogP contribution in [0.2, 0.25) is 0 Å². The smallest absolute Gasteiger partial charge is 0.325 e. The molecule has 1 unspecified atom stereocenters. The van der Waals surface area contributed by atoms with E-state index in [1.165, 1.54) is 0 Å². The molecule has 4 rings (SSSR count). The quantitative estimate of drug-likeness (QED) is 0.505. The molecule has 1 aromatic heterocycles. The third-order valence-electron chi connectivity index (χ3n) is 5.98. The number of nitrogens with two attached hydrogens (primary N) is 1. The standard InChI is InChI=1S/C25H27N5O3/c1-3-27-23(31)22-20(13-16-11-12-28-21(26)14-16)24(32)30(22)25(33)29-15(2)18-10-6-8-17-7-4-5-9-19(17)18/h4-12,14-15,20,22H,3,13H2,1-2H3,(H2,26,28)(H,27,31)(H,29,33)/t15-,20?,22+/m1/s1. The number of nitrogen functional groups attached to an aromatic ring is 1. The molecule has 33 heavy (non-hydrogen) atoms. The summed E-state index contributed by atoms with van der Waals surface area (Å²) >= 11 is 0. The minimum absolute atomic E-state index is 0.302. The molecule has 0 radical (unpaired) electrons. The minimum Gasteiger partial charge on any atom is -0.384 e. The first-order valence-corrected chi connectivity index (χ1v) is 11.0. The van der Waals surface area contributed by atoms with Gasteiger partial charge in [-0.15, -0.1) is 0 Å². The largest absolute Gasteiger partial charge is 0.384 e. The van der Waals surface area contributed by atoms with Crippen molar-refractivity contribution in [2.24, 2.45) is 5.92 Å². The SMILES string of the molecule is CCNC(=O)[C@@H]1C(Cc2ccnc(N)c2)C(=O)N1C(=O)N[C@H](C)c1cccc2ccccc12. The lowest BCUT2D eigenvalue weighted by Gasteiger charge is -2.44. The first kappa shape index (κ1) is 22.3. The number of carbonyl (C=O) groups excluding carboxylic acids is 3. The number of hydrogen-bond donors (Lipinski definition) is 3. The summed E-state index contributed by atoms with van der Waals surface area (Å²) in [5.74, 6) is -1.04. The number of benzene rings is 2. The molecular weight excluding hydrogens is 418 g/mol. The number of aromatic nitrogens is 1. The van der Waals surface area contributed by atoms with Gasteiger partial charge in [0.15, 0.2) is 0 Å². The van der Waals surface area contributed by atoms with E-state index in [4.69, 9.17) is 5.73 Å². The number of urea groups is 1. The van der Waals surface area contributed by atoms with Crippen LogP contribution in [-0.2, 0) is 16.0 Å². The first-order chi connectivity index (χ1) is 15.9. The average molecular weight is 446 g/mol. The number of pyridine rings is 1. The van der Waals surface area contributed by atoms with Crippen molar-refractivity contribution < 1.29 is 14.4 Å². The molecule has 4 amide bonds. The van der Waals surface area contributed by atoms with Gasteiger partial charge in [0.2, 0.25) is 11.8 Å². The zero-order valence-corrected chi connectivity index (χ0v) is 18.6. The van der Waals surface area contributed by atoms with E-state index in [1.54, 1.807) is 25.3 Å². The Balaban J connectivity index is 1.54. The Morgan fingerprint density at radius 3 is 2.67 bits per heavy atom. The van der Waals surface area contributed by atoms with Crippen LogP contribution in [0.1, 0.15) is 31.0 Å². The predicted molar refractivity (Wildman–Crippen MR) is 126 cm³/mol. The number of β-lactam (4-membered cyclic amide) rings is 1. The number of nitrogens with zero attached hydrogens (tertiary/aromatic N) is 2. The van der Waals surface area contributed by atoms with Gasteiger partial charge in [0, 0.05) is 12.7 Å². The number of amides is 4. The zero-order chi connectivity index (χ0) is 23.5. The van der Waals surface area contributed by atoms with Crippen LogP contribution in [0.5, 0.6) is 0 Å². The van der Waals surface area contributed by atoms with E-state index < -0.39 is 18.0 Å². The lowest BCUT2D eigenvalue weighted by Crippen LogP contribution is -2.70. The van der Waals surface area contributed by atoms with Crippen molar-refractivity contribution in [2.75, 3.05) is 12.3 Å². The summed E-state index contributed by atoms with van der Waals surface area (Å²) < 4.78 is 0. The molecule has 3 atom stereocenters. The predicted octanol–water partition coefficient (Wildman–Crippen LogP) is 2.79. The Bertz CT molecular complexity index is 1210. The maximum atomic E-state index is 13.1. The number of likely N-dealkylation sites (N-methyl/N-ethyl adjacent to an activating group) is 1. The molecule has 8 nitrogen and oxygen atoms in total. The van der Waals surface area contributed by atoms with E-state index in [2.05, 4.69) is 15.6 Å². The van der Waals surface area contributed by atoms with Crippen molar-refractivity contribution in [3.63, 3.8) is 0 Å². The Kier molecular flexibility index (Phi) is 6.26. The highest BCUT2D eigenvalue weighted by Crippen LogP contribution is 2.32. The summed E-state index contributed by atoms with van der Waals surface area (Å²) in [7, 11) is 0. The van der Waals surface area contributed by atoms with Gasteiger partial charge in [-0.25, -0.2) is 9.78 Å². The summed E-state index contributed by atoms with van der Waals surface area (Å²) in [5.41, 5.74) is 7.47. The van der Waals surface area contributed by atoms with E-state index in [0.717, 1.165) is 26.8 Å². The van der Waals surface area contributed by atoms with Crippen LogP contribution in [0.15, 0.2) is 60.8 Å². The zero-order valence-electron chi connectivity index (χ0n) is 18.6. The Hall–Kier alpha value is -3.94. The summed E-state index contributed by atoms with van der Waals surface area (Å²) in [4.78, 5) is 43.8. The molecule has 3 aromatic rings. The van der Waals surface area contributed by atoms with Crippen molar-refractivity contribution in [1.82, 2.24) is 20.5 Å². The second-order valence-corrected chi connectivity index (χ2v) is 8.19. The van der Waals surface area contributed by atoms with Gasteiger partial charge in [-0.05, 0) is 54.3 Å². The minimum atomic E-state index is -0.883. The van der Waals surface area contributed by atoms with Crippen LogP contribution < -0.4 is 16.4 Å². The number of anilines is 1. The van der Waals surface area contributed by atoms with Crippen LogP contribution in [-0.4, -0.2) is 40.3 Å². The molecule has 2 heterocycles. The van der Waals surface area contributed by atoms with E-state index in [-0.39, 0.29) is 17.9 Å². The summed E-state index contributed by atoms with van der Waals surface area (Å²) in [6, 6.07) is 15.4. The highest BCUT2D eigenvalue weighted by atomic mass is 16.2. The van der Waals surface area contributed by atoms with E-state index in [1.807, 2.05) is 49.4 Å². The van der Waals surface area contributed by atoms with Crippen molar-refractivity contribution in [1.29, 1.82) is 0 Å². The highest BCUT2D eigenvalue weighted by molar-refractivity contribution is 6.09. The van der Waals surface area contributed by atoms with Gasteiger partial charge in [-0.1, -0.05) is 42.5 Å². The number of carbonyl (C=O) groups is 3. The summed E-state index contributed by atoms with van der Waals surface area (Å²) in [6.07, 6.45) is 1.86. The van der Waals surface area contributed by atoms with Crippen LogP contribution >= 0.6 is 0 Å². The molecule has 1 aliphatic heterocycles. The van der Waals surface area contributed by atoms with Crippen molar-refractivity contribution >= 4 is 34.4 Å². The van der Waals surface area contributed by atoms with Gasteiger partial charge in [0.25, 0.3) is 0 Å². The topological polar surface area (TPSA) is 117 Å². The summed E-state index contributed by atoms with van der Waals surface area (Å²) in [5, 5.41) is 7.72. The number of likely N-dealkylation sites (tertiary alicyclic amines) is 1. The molecular formula is C25H27N5O3. The molecule has 1 saturated heterocycles. The van der Waals surface area contributed by atoms with Gasteiger partial charge >= 0.3 is 6.03 Å². The van der Waals surface area contributed by atoms with Crippen LogP contribution in [0, 0.1) is 5.92 Å². The molecule has 8 heteroatoms. The number of hydrogen-bond acceptors (Lipinski definition) is 5.